The quantitative estimate of drug-likeness (QED) is 0.0278. The maximum atomic E-state index is 14.0. The number of ketones is 1. The van der Waals surface area contributed by atoms with Gasteiger partial charge in [0.15, 0.2) is 5.78 Å². The van der Waals surface area contributed by atoms with Crippen LogP contribution in [-0.2, 0) is 36.9 Å². The summed E-state index contributed by atoms with van der Waals surface area (Å²) < 4.78 is 11.5. The number of ether oxygens (including phenoxy) is 2. The number of hydrogen-bond acceptors (Lipinski definition) is 10. The monoisotopic (exact) mass is 951 g/mol. The summed E-state index contributed by atoms with van der Waals surface area (Å²) in [7, 11) is 0. The van der Waals surface area contributed by atoms with E-state index in [9.17, 15) is 34.5 Å². The SMILES string of the molecule is CCCCCCCCCCCCCCCCCCN(C(=O)CCCCCCCCCCC)[C@]1(N)O[C@H](CC(=O)CNC(=O)[C@H](Cc2ccccc2)NC(=O)OCc2ccccc2)[C@@H](O)[C@H](O)[C@H]1O. The van der Waals surface area contributed by atoms with Crippen LogP contribution in [-0.4, -0.2) is 93.3 Å². The molecule has 0 saturated carbocycles. The highest BCUT2D eigenvalue weighted by Gasteiger charge is 2.56. The Hall–Kier alpha value is -3.88. The summed E-state index contributed by atoms with van der Waals surface area (Å²) in [6, 6.07) is 17.1. The molecule has 0 unspecified atom stereocenters. The van der Waals surface area contributed by atoms with E-state index in [1.54, 1.807) is 0 Å². The average Bonchev–Trinajstić information content (AvgIpc) is 3.34. The number of unbranched alkanes of at least 4 members (excludes halogenated alkanes) is 23. The Morgan fingerprint density at radius 3 is 1.60 bits per heavy atom. The van der Waals surface area contributed by atoms with Crippen molar-refractivity contribution in [3.63, 3.8) is 0 Å². The lowest BCUT2D eigenvalue weighted by molar-refractivity contribution is -0.308. The number of nitrogens with one attached hydrogen (secondary N) is 2. The molecule has 3 amide bonds. The van der Waals surface area contributed by atoms with E-state index in [1.165, 1.54) is 108 Å². The molecule has 2 aromatic carbocycles. The molecule has 1 aliphatic heterocycles. The van der Waals surface area contributed by atoms with Crippen molar-refractivity contribution in [1.82, 2.24) is 15.5 Å². The van der Waals surface area contributed by atoms with E-state index < -0.39 is 67.1 Å². The number of alkyl carbamates (subject to hydrolysis) is 1. The Morgan fingerprint density at radius 2 is 1.10 bits per heavy atom. The smallest absolute Gasteiger partial charge is 0.408 e. The zero-order chi connectivity index (χ0) is 49.2. The molecule has 13 heteroatoms. The van der Waals surface area contributed by atoms with E-state index in [1.807, 2.05) is 60.7 Å². The molecule has 1 saturated heterocycles. The van der Waals surface area contributed by atoms with Gasteiger partial charge in [-0.05, 0) is 24.0 Å². The molecule has 0 spiro atoms. The maximum Gasteiger partial charge on any atom is 0.408 e. The number of nitrogens with zero attached hydrogens (tertiary/aromatic N) is 1. The van der Waals surface area contributed by atoms with Crippen LogP contribution >= 0.6 is 0 Å². The number of benzene rings is 2. The molecule has 0 aliphatic carbocycles. The molecule has 3 rings (SSSR count). The van der Waals surface area contributed by atoms with Crippen molar-refractivity contribution in [1.29, 1.82) is 0 Å². The first-order chi connectivity index (χ1) is 33.0. The largest absolute Gasteiger partial charge is 0.445 e. The molecule has 13 nitrogen and oxygen atoms in total. The lowest BCUT2D eigenvalue weighted by atomic mass is 9.91. The predicted octanol–water partition coefficient (Wildman–Crippen LogP) is 9.70. The van der Waals surface area contributed by atoms with Gasteiger partial charge in [0.25, 0.3) is 0 Å². The molecule has 6 atom stereocenters. The van der Waals surface area contributed by atoms with Crippen LogP contribution in [0.2, 0.25) is 0 Å². The zero-order valence-electron chi connectivity index (χ0n) is 41.9. The minimum absolute atomic E-state index is 0.000476. The van der Waals surface area contributed by atoms with Gasteiger partial charge in [-0.3, -0.25) is 25.0 Å². The van der Waals surface area contributed by atoms with Crippen molar-refractivity contribution >= 4 is 23.7 Å². The van der Waals surface area contributed by atoms with Crippen LogP contribution in [0.3, 0.4) is 0 Å². The van der Waals surface area contributed by atoms with Crippen LogP contribution in [0.25, 0.3) is 0 Å². The van der Waals surface area contributed by atoms with Crippen molar-refractivity contribution in [3.8, 4) is 0 Å². The van der Waals surface area contributed by atoms with Gasteiger partial charge in [-0.1, -0.05) is 222 Å². The number of aliphatic hydroxyl groups excluding tert-OH is 3. The molecule has 7 N–H and O–H groups in total. The summed E-state index contributed by atoms with van der Waals surface area (Å²) in [5, 5.41) is 38.8. The number of rotatable bonds is 38. The molecular weight excluding hydrogens is 861 g/mol. The zero-order valence-corrected chi connectivity index (χ0v) is 41.9. The van der Waals surface area contributed by atoms with Crippen LogP contribution < -0.4 is 16.4 Å². The molecular formula is C55H90N4O9. The van der Waals surface area contributed by atoms with Gasteiger partial charge < -0.3 is 35.4 Å². The number of hydrogen-bond donors (Lipinski definition) is 6. The fourth-order valence-corrected chi connectivity index (χ4v) is 9.02. The lowest BCUT2D eigenvalue weighted by Crippen LogP contribution is -2.76. The summed E-state index contributed by atoms with van der Waals surface area (Å²) in [5.41, 5.74) is 8.36. The summed E-state index contributed by atoms with van der Waals surface area (Å²) >= 11 is 0. The summed E-state index contributed by atoms with van der Waals surface area (Å²) in [5.74, 6) is -3.75. The molecule has 1 aliphatic rings. The number of amides is 3. The normalized spacial score (nSPS) is 19.6. The summed E-state index contributed by atoms with van der Waals surface area (Å²) in [4.78, 5) is 55.1. The van der Waals surface area contributed by atoms with Gasteiger partial charge in [0.2, 0.25) is 17.7 Å². The number of nitrogens with two attached hydrogens (primary N) is 1. The van der Waals surface area contributed by atoms with Crippen molar-refractivity contribution in [3.05, 3.63) is 71.8 Å². The van der Waals surface area contributed by atoms with Gasteiger partial charge in [0.05, 0.1) is 12.6 Å². The van der Waals surface area contributed by atoms with Gasteiger partial charge in [-0.2, -0.15) is 0 Å². The summed E-state index contributed by atoms with van der Waals surface area (Å²) in [6.45, 7) is 4.13. The van der Waals surface area contributed by atoms with E-state index in [2.05, 4.69) is 24.5 Å². The lowest BCUT2D eigenvalue weighted by Gasteiger charge is -2.51. The molecule has 384 valence electrons. The van der Waals surface area contributed by atoms with E-state index in [-0.39, 0.29) is 31.9 Å². The first kappa shape index (κ1) is 58.4. The second kappa shape index (κ2) is 35.3. The van der Waals surface area contributed by atoms with Crippen molar-refractivity contribution in [2.45, 2.75) is 237 Å². The second-order valence-electron chi connectivity index (χ2n) is 19.2. The number of aliphatic hydroxyl groups is 3. The van der Waals surface area contributed by atoms with Crippen LogP contribution in [0.4, 0.5) is 4.79 Å². The molecule has 68 heavy (non-hydrogen) atoms. The fraction of sp³-hybridized carbons (Fsp3) is 0.709. The van der Waals surface area contributed by atoms with Gasteiger partial charge >= 0.3 is 6.09 Å². The van der Waals surface area contributed by atoms with Crippen LogP contribution in [0, 0.1) is 0 Å². The minimum atomic E-state index is -2.22. The van der Waals surface area contributed by atoms with Crippen LogP contribution in [0.5, 0.6) is 0 Å². The molecule has 1 fully saturated rings. The number of carbonyl (C=O) groups is 4. The highest BCUT2D eigenvalue weighted by atomic mass is 16.6. The van der Waals surface area contributed by atoms with Crippen LogP contribution in [0.1, 0.15) is 198 Å². The highest BCUT2D eigenvalue weighted by Crippen LogP contribution is 2.32. The van der Waals surface area contributed by atoms with E-state index in [0.717, 1.165) is 56.1 Å². The Bertz CT molecular complexity index is 1650. The topological polar surface area (TPSA) is 201 Å². The van der Waals surface area contributed by atoms with Gasteiger partial charge in [-0.15, -0.1) is 0 Å². The third-order valence-corrected chi connectivity index (χ3v) is 13.3. The Labute approximate surface area is 409 Å². The average molecular weight is 951 g/mol. The number of Topliss-reactive ketones (excluding diaryl/α,β-unsaturated/α-hetero) is 1. The maximum absolute atomic E-state index is 14.0. The highest BCUT2D eigenvalue weighted by molar-refractivity contribution is 5.90. The van der Waals surface area contributed by atoms with Crippen molar-refractivity contribution in [2.75, 3.05) is 13.1 Å². The van der Waals surface area contributed by atoms with E-state index in [0.29, 0.717) is 12.8 Å². The molecule has 1 heterocycles. The predicted molar refractivity (Wildman–Crippen MR) is 269 cm³/mol. The van der Waals surface area contributed by atoms with E-state index >= 15 is 0 Å². The molecule has 0 radical (unpaired) electrons. The Morgan fingerprint density at radius 1 is 0.647 bits per heavy atom. The van der Waals surface area contributed by atoms with Gasteiger partial charge in [0, 0.05) is 25.8 Å². The van der Waals surface area contributed by atoms with Gasteiger partial charge in [0.1, 0.15) is 31.0 Å². The first-order valence-electron chi connectivity index (χ1n) is 26.6. The third kappa shape index (κ3) is 23.2. The van der Waals surface area contributed by atoms with Gasteiger partial charge in [-0.25, -0.2) is 4.79 Å². The van der Waals surface area contributed by atoms with Crippen LogP contribution in [0.15, 0.2) is 60.7 Å². The number of carbonyl (C=O) groups excluding carboxylic acids is 4. The van der Waals surface area contributed by atoms with E-state index in [4.69, 9.17) is 15.2 Å². The Balaban J connectivity index is 1.58. The molecule has 2 aromatic rings. The van der Waals surface area contributed by atoms with Crippen molar-refractivity contribution in [2.24, 2.45) is 5.73 Å². The second-order valence-corrected chi connectivity index (χ2v) is 19.2. The third-order valence-electron chi connectivity index (χ3n) is 13.3. The van der Waals surface area contributed by atoms with Crippen molar-refractivity contribution < 1.29 is 44.0 Å². The summed E-state index contributed by atoms with van der Waals surface area (Å²) in [6.07, 6.45) is 21.0. The Kier molecular flexibility index (Phi) is 30.3. The minimum Gasteiger partial charge on any atom is -0.445 e. The molecule has 0 aromatic heterocycles. The standard InChI is InChI=1S/C55H90N4O9/c1-3-5-7-9-11-13-14-15-16-17-18-19-21-23-25-33-39-59(49(61)38-32-24-22-20-12-10-8-6-4-2)55(56)52(64)51(63)50(62)48(68-55)41-46(60)42-57-53(65)47(40-44-34-28-26-29-35-44)58-54(66)67-43-45-36-30-27-31-37-45/h26-31,34-37,47-48,50-52,62-64H,3-25,32-33,38-43,56H2,1-2H3,(H,57,65)(H,58,66)/t47-,48+,50+,51-,52+,55-/m0/s1. The molecule has 0 bridgehead atoms. The fourth-order valence-electron chi connectivity index (χ4n) is 9.02. The first-order valence-corrected chi connectivity index (χ1v) is 26.6.